The van der Waals surface area contributed by atoms with Crippen LogP contribution in [0.3, 0.4) is 0 Å². The molecule has 0 radical (unpaired) electrons. The summed E-state index contributed by atoms with van der Waals surface area (Å²) in [7, 11) is 1.65. The first-order chi connectivity index (χ1) is 11.2. The Morgan fingerprint density at radius 2 is 2.30 bits per heavy atom. The van der Waals surface area contributed by atoms with Crippen LogP contribution in [0.25, 0.3) is 10.2 Å². The van der Waals surface area contributed by atoms with Crippen LogP contribution in [0.4, 0.5) is 0 Å². The van der Waals surface area contributed by atoms with E-state index in [2.05, 4.69) is 30.9 Å². The first-order valence-electron chi connectivity index (χ1n) is 6.82. The van der Waals surface area contributed by atoms with Crippen LogP contribution >= 0.6 is 27.3 Å². The molecule has 3 rings (SSSR count). The van der Waals surface area contributed by atoms with Gasteiger partial charge in [0.05, 0.1) is 23.0 Å². The van der Waals surface area contributed by atoms with E-state index in [9.17, 15) is 4.79 Å². The highest BCUT2D eigenvalue weighted by atomic mass is 79.9. The Bertz CT molecular complexity index is 905. The number of hydrogen-bond donors (Lipinski definition) is 0. The number of carbonyl (C=O) groups excluding carboxylic acids is 1. The number of rotatable bonds is 4. The Morgan fingerprint density at radius 1 is 1.43 bits per heavy atom. The lowest BCUT2D eigenvalue weighted by atomic mass is 10.3. The Balaban J connectivity index is 2.11. The maximum absolute atomic E-state index is 12.3. The molecule has 118 valence electrons. The predicted molar refractivity (Wildman–Crippen MR) is 91.3 cm³/mol. The molecule has 0 fully saturated rings. The summed E-state index contributed by atoms with van der Waals surface area (Å²) in [6, 6.07) is 5.97. The zero-order valence-corrected chi connectivity index (χ0v) is 14.7. The number of benzene rings is 1. The molecule has 0 unspecified atom stereocenters. The molecule has 0 saturated carbocycles. The van der Waals surface area contributed by atoms with Crippen LogP contribution in [-0.4, -0.2) is 34.2 Å². The van der Waals surface area contributed by atoms with Gasteiger partial charge in [-0.25, -0.2) is 4.98 Å². The van der Waals surface area contributed by atoms with Crippen molar-refractivity contribution in [1.82, 2.24) is 14.5 Å². The molecule has 6 nitrogen and oxygen atoms in total. The number of methoxy groups -OCH3 is 1. The second-order valence-electron chi connectivity index (χ2n) is 4.65. The van der Waals surface area contributed by atoms with Gasteiger partial charge in [-0.2, -0.15) is 4.99 Å². The predicted octanol–water partition coefficient (Wildman–Crippen LogP) is 2.64. The van der Waals surface area contributed by atoms with E-state index in [1.807, 2.05) is 22.8 Å². The van der Waals surface area contributed by atoms with E-state index in [0.29, 0.717) is 18.0 Å². The molecule has 23 heavy (non-hydrogen) atoms. The molecule has 0 bridgehead atoms. The lowest BCUT2D eigenvalue weighted by Crippen LogP contribution is -2.19. The summed E-state index contributed by atoms with van der Waals surface area (Å²) in [6.45, 7) is 1.15. The SMILES string of the molecule is COCCn1c(=NC(=O)c2cnccn2)sc2cc(Br)ccc21. The summed E-state index contributed by atoms with van der Waals surface area (Å²) in [5.74, 6) is -0.408. The number of amides is 1. The zero-order valence-electron chi connectivity index (χ0n) is 12.3. The highest BCUT2D eigenvalue weighted by molar-refractivity contribution is 9.10. The number of aromatic nitrogens is 3. The molecular formula is C15H13BrN4O2S. The van der Waals surface area contributed by atoms with Gasteiger partial charge in [0.2, 0.25) is 0 Å². The molecule has 2 heterocycles. The molecular weight excluding hydrogens is 380 g/mol. The fraction of sp³-hybridized carbons (Fsp3) is 0.200. The Labute approximate surface area is 144 Å². The largest absolute Gasteiger partial charge is 0.383 e. The van der Waals surface area contributed by atoms with Gasteiger partial charge in [0, 0.05) is 30.5 Å². The Kier molecular flexibility index (Phi) is 4.94. The van der Waals surface area contributed by atoms with E-state index in [1.165, 1.54) is 29.9 Å². The molecule has 0 atom stereocenters. The van der Waals surface area contributed by atoms with Crippen molar-refractivity contribution >= 4 is 43.4 Å². The third kappa shape index (κ3) is 3.54. The Morgan fingerprint density at radius 3 is 3.04 bits per heavy atom. The lowest BCUT2D eigenvalue weighted by Gasteiger charge is -2.04. The second kappa shape index (κ2) is 7.12. The minimum atomic E-state index is -0.408. The van der Waals surface area contributed by atoms with Crippen molar-refractivity contribution in [2.75, 3.05) is 13.7 Å². The van der Waals surface area contributed by atoms with Crippen molar-refractivity contribution in [2.24, 2.45) is 4.99 Å². The normalized spacial score (nSPS) is 12.0. The average Bonchev–Trinajstić information content (AvgIpc) is 2.89. The lowest BCUT2D eigenvalue weighted by molar-refractivity contribution is 0.0992. The van der Waals surface area contributed by atoms with E-state index in [0.717, 1.165) is 14.7 Å². The van der Waals surface area contributed by atoms with Gasteiger partial charge in [-0.3, -0.25) is 9.78 Å². The van der Waals surface area contributed by atoms with Crippen LogP contribution in [0.2, 0.25) is 0 Å². The number of hydrogen-bond acceptors (Lipinski definition) is 5. The van der Waals surface area contributed by atoms with Crippen molar-refractivity contribution < 1.29 is 9.53 Å². The molecule has 2 aromatic heterocycles. The van der Waals surface area contributed by atoms with Crippen molar-refractivity contribution in [3.63, 3.8) is 0 Å². The van der Waals surface area contributed by atoms with Crippen LogP contribution in [0.1, 0.15) is 10.5 Å². The highest BCUT2D eigenvalue weighted by Gasteiger charge is 2.10. The second-order valence-corrected chi connectivity index (χ2v) is 6.57. The van der Waals surface area contributed by atoms with Gasteiger partial charge in [0.1, 0.15) is 5.69 Å². The minimum absolute atomic E-state index is 0.226. The number of thiazole rings is 1. The van der Waals surface area contributed by atoms with Gasteiger partial charge in [0.15, 0.2) is 4.80 Å². The van der Waals surface area contributed by atoms with Gasteiger partial charge in [-0.1, -0.05) is 27.3 Å². The standard InChI is InChI=1S/C15H13BrN4O2S/c1-22-7-6-20-12-3-2-10(16)8-13(12)23-15(20)19-14(21)11-9-17-4-5-18-11/h2-5,8-9H,6-7H2,1H3. The molecule has 0 aliphatic rings. The summed E-state index contributed by atoms with van der Waals surface area (Å²) in [4.78, 5) is 25.0. The van der Waals surface area contributed by atoms with Crippen molar-refractivity contribution in [3.05, 3.63) is 51.8 Å². The van der Waals surface area contributed by atoms with Crippen LogP contribution in [0.5, 0.6) is 0 Å². The maximum Gasteiger partial charge on any atom is 0.299 e. The van der Waals surface area contributed by atoms with E-state index in [1.54, 1.807) is 7.11 Å². The van der Waals surface area contributed by atoms with E-state index in [-0.39, 0.29) is 5.69 Å². The minimum Gasteiger partial charge on any atom is -0.383 e. The summed E-state index contributed by atoms with van der Waals surface area (Å²) in [5.41, 5.74) is 1.24. The topological polar surface area (TPSA) is 69.4 Å². The first-order valence-corrected chi connectivity index (χ1v) is 8.43. The van der Waals surface area contributed by atoms with E-state index >= 15 is 0 Å². The quantitative estimate of drug-likeness (QED) is 0.684. The van der Waals surface area contributed by atoms with Gasteiger partial charge in [0.25, 0.3) is 5.91 Å². The molecule has 8 heteroatoms. The van der Waals surface area contributed by atoms with E-state index < -0.39 is 5.91 Å². The fourth-order valence-corrected chi connectivity index (χ4v) is 3.69. The number of fused-ring (bicyclic) bond motifs is 1. The summed E-state index contributed by atoms with van der Waals surface area (Å²) in [5, 5.41) is 0. The van der Waals surface area contributed by atoms with Crippen LogP contribution in [-0.2, 0) is 11.3 Å². The molecule has 0 aliphatic carbocycles. The molecule has 0 aliphatic heterocycles. The fourth-order valence-electron chi connectivity index (χ4n) is 2.08. The third-order valence-corrected chi connectivity index (χ3v) is 4.68. The first kappa shape index (κ1) is 16.0. The van der Waals surface area contributed by atoms with E-state index in [4.69, 9.17) is 4.74 Å². The summed E-state index contributed by atoms with van der Waals surface area (Å²) in [6.07, 6.45) is 4.41. The summed E-state index contributed by atoms with van der Waals surface area (Å²) < 4.78 is 9.16. The third-order valence-electron chi connectivity index (χ3n) is 3.14. The van der Waals surface area contributed by atoms with Gasteiger partial charge < -0.3 is 9.30 Å². The molecule has 0 saturated heterocycles. The molecule has 0 spiro atoms. The molecule has 1 aromatic carbocycles. The van der Waals surface area contributed by atoms with Crippen LogP contribution in [0.15, 0.2) is 46.3 Å². The van der Waals surface area contributed by atoms with Gasteiger partial charge in [-0.15, -0.1) is 0 Å². The summed E-state index contributed by atoms with van der Waals surface area (Å²) >= 11 is 4.92. The van der Waals surface area contributed by atoms with Crippen molar-refractivity contribution in [2.45, 2.75) is 6.54 Å². The van der Waals surface area contributed by atoms with Crippen LogP contribution in [0, 0.1) is 0 Å². The monoisotopic (exact) mass is 392 g/mol. The Hall–Kier alpha value is -1.90. The maximum atomic E-state index is 12.3. The smallest absolute Gasteiger partial charge is 0.299 e. The number of ether oxygens (including phenoxy) is 1. The molecule has 3 aromatic rings. The molecule has 1 amide bonds. The highest BCUT2D eigenvalue weighted by Crippen LogP contribution is 2.22. The zero-order chi connectivity index (χ0) is 16.2. The number of carbonyl (C=O) groups is 1. The molecule has 0 N–H and O–H groups in total. The number of nitrogens with zero attached hydrogens (tertiary/aromatic N) is 4. The van der Waals surface area contributed by atoms with Crippen molar-refractivity contribution in [1.29, 1.82) is 0 Å². The van der Waals surface area contributed by atoms with Gasteiger partial charge in [-0.05, 0) is 18.2 Å². The average molecular weight is 393 g/mol. The van der Waals surface area contributed by atoms with Crippen molar-refractivity contribution in [3.8, 4) is 0 Å². The van der Waals surface area contributed by atoms with Crippen LogP contribution < -0.4 is 4.80 Å². The van der Waals surface area contributed by atoms with Gasteiger partial charge >= 0.3 is 0 Å². The number of halogens is 1.